The van der Waals surface area contributed by atoms with Gasteiger partial charge in [0.05, 0.1) is 57.4 Å². The SMILES string of the molecule is Cn1c(=O)n(-c2ccc(C(C)(C)C#N)nc2)c2c3cc(-c4cnc(N)c(C(F)(F)F)c4)ccc3ncc21. The van der Waals surface area contributed by atoms with E-state index < -0.39 is 23.0 Å². The zero-order chi connectivity index (χ0) is 26.7. The molecule has 4 heterocycles. The Kier molecular flexibility index (Phi) is 5.29. The number of aryl methyl sites for hydroxylation is 1. The second kappa shape index (κ2) is 8.16. The number of nitrogens with two attached hydrogens (primary N) is 1. The summed E-state index contributed by atoms with van der Waals surface area (Å²) in [4.78, 5) is 25.9. The number of aromatic nitrogens is 5. The summed E-state index contributed by atoms with van der Waals surface area (Å²) in [5.74, 6) is -0.603. The Morgan fingerprint density at radius 1 is 0.973 bits per heavy atom. The van der Waals surface area contributed by atoms with E-state index in [1.165, 1.54) is 21.5 Å². The fourth-order valence-electron chi connectivity index (χ4n) is 4.22. The molecule has 5 rings (SSSR count). The van der Waals surface area contributed by atoms with Gasteiger partial charge >= 0.3 is 11.9 Å². The summed E-state index contributed by atoms with van der Waals surface area (Å²) in [6.45, 7) is 3.49. The monoisotopic (exact) mass is 503 g/mol. The van der Waals surface area contributed by atoms with Crippen molar-refractivity contribution in [3.63, 3.8) is 0 Å². The summed E-state index contributed by atoms with van der Waals surface area (Å²) in [5, 5.41) is 9.96. The van der Waals surface area contributed by atoms with Gasteiger partial charge in [0.1, 0.15) is 5.82 Å². The van der Waals surface area contributed by atoms with Crippen LogP contribution in [-0.4, -0.2) is 24.1 Å². The van der Waals surface area contributed by atoms with Crippen molar-refractivity contribution in [1.82, 2.24) is 24.1 Å². The van der Waals surface area contributed by atoms with Gasteiger partial charge in [0.15, 0.2) is 0 Å². The summed E-state index contributed by atoms with van der Waals surface area (Å²) in [6.07, 6.45) is -0.290. The molecule has 0 aliphatic carbocycles. The van der Waals surface area contributed by atoms with Crippen LogP contribution < -0.4 is 11.4 Å². The molecule has 0 aliphatic rings. The second-order valence-electron chi connectivity index (χ2n) is 9.19. The minimum absolute atomic E-state index is 0.218. The van der Waals surface area contributed by atoms with E-state index in [9.17, 15) is 23.2 Å². The molecule has 4 aromatic heterocycles. The van der Waals surface area contributed by atoms with Crippen LogP contribution in [0, 0.1) is 11.3 Å². The molecule has 0 saturated carbocycles. The number of nitrogens with zero attached hydrogens (tertiary/aromatic N) is 6. The van der Waals surface area contributed by atoms with Crippen molar-refractivity contribution in [2.45, 2.75) is 25.4 Å². The molecule has 5 aromatic rings. The maximum absolute atomic E-state index is 13.4. The molecule has 186 valence electrons. The maximum atomic E-state index is 13.4. The fraction of sp³-hybridized carbons (Fsp3) is 0.192. The minimum Gasteiger partial charge on any atom is -0.383 e. The number of fused-ring (bicyclic) bond motifs is 3. The van der Waals surface area contributed by atoms with Crippen LogP contribution in [0.4, 0.5) is 19.0 Å². The van der Waals surface area contributed by atoms with Gasteiger partial charge in [-0.1, -0.05) is 6.07 Å². The molecule has 0 radical (unpaired) electrons. The number of nitriles is 1. The van der Waals surface area contributed by atoms with Gasteiger partial charge in [-0.25, -0.2) is 9.78 Å². The Bertz CT molecular complexity index is 1790. The highest BCUT2D eigenvalue weighted by molar-refractivity contribution is 6.04. The molecule has 11 heteroatoms. The molecule has 0 unspecified atom stereocenters. The first-order valence-electron chi connectivity index (χ1n) is 11.1. The highest BCUT2D eigenvalue weighted by atomic mass is 19.4. The summed E-state index contributed by atoms with van der Waals surface area (Å²) in [5.41, 5.74) is 6.57. The molecular formula is C26H20F3N7O. The van der Waals surface area contributed by atoms with Crippen molar-refractivity contribution in [2.24, 2.45) is 7.05 Å². The molecule has 0 aliphatic heterocycles. The van der Waals surface area contributed by atoms with Crippen molar-refractivity contribution < 1.29 is 13.2 Å². The van der Waals surface area contributed by atoms with E-state index in [1.807, 2.05) is 0 Å². The van der Waals surface area contributed by atoms with Crippen LogP contribution in [0.3, 0.4) is 0 Å². The van der Waals surface area contributed by atoms with Crippen LogP contribution in [0.5, 0.6) is 0 Å². The largest absolute Gasteiger partial charge is 0.419 e. The van der Waals surface area contributed by atoms with E-state index in [-0.39, 0.29) is 11.3 Å². The first-order valence-corrected chi connectivity index (χ1v) is 11.1. The lowest BCUT2D eigenvalue weighted by Crippen LogP contribution is -2.21. The first-order chi connectivity index (χ1) is 17.4. The number of nitrogen functional groups attached to an aromatic ring is 1. The third kappa shape index (κ3) is 3.87. The van der Waals surface area contributed by atoms with Gasteiger partial charge in [-0.3, -0.25) is 19.1 Å². The number of hydrogen-bond acceptors (Lipinski definition) is 6. The average Bonchev–Trinajstić information content (AvgIpc) is 3.13. The van der Waals surface area contributed by atoms with Crippen molar-refractivity contribution >= 4 is 27.8 Å². The van der Waals surface area contributed by atoms with Gasteiger partial charge < -0.3 is 5.73 Å². The number of rotatable bonds is 3. The number of alkyl halides is 3. The van der Waals surface area contributed by atoms with E-state index in [0.717, 1.165) is 6.07 Å². The second-order valence-corrected chi connectivity index (χ2v) is 9.19. The third-order valence-corrected chi connectivity index (χ3v) is 6.37. The summed E-state index contributed by atoms with van der Waals surface area (Å²) in [7, 11) is 1.61. The highest BCUT2D eigenvalue weighted by Gasteiger charge is 2.34. The summed E-state index contributed by atoms with van der Waals surface area (Å²) >= 11 is 0. The quantitative estimate of drug-likeness (QED) is 0.380. The van der Waals surface area contributed by atoms with E-state index in [4.69, 9.17) is 5.73 Å². The van der Waals surface area contributed by atoms with Crippen molar-refractivity contribution in [3.05, 3.63) is 76.7 Å². The van der Waals surface area contributed by atoms with Gasteiger partial charge in [0.25, 0.3) is 0 Å². The lowest BCUT2D eigenvalue weighted by atomic mass is 9.91. The Hall–Kier alpha value is -4.72. The van der Waals surface area contributed by atoms with E-state index in [0.29, 0.717) is 38.9 Å². The van der Waals surface area contributed by atoms with Gasteiger partial charge in [-0.15, -0.1) is 0 Å². The number of imidazole rings is 1. The molecule has 0 spiro atoms. The van der Waals surface area contributed by atoms with E-state index in [1.54, 1.807) is 57.4 Å². The first kappa shape index (κ1) is 24.0. The number of pyridine rings is 3. The number of anilines is 1. The predicted octanol–water partition coefficient (Wildman–Crippen LogP) is 4.74. The highest BCUT2D eigenvalue weighted by Crippen LogP contribution is 2.36. The Morgan fingerprint density at radius 2 is 1.73 bits per heavy atom. The van der Waals surface area contributed by atoms with Crippen LogP contribution in [0.1, 0.15) is 25.1 Å². The van der Waals surface area contributed by atoms with Crippen LogP contribution in [0.25, 0.3) is 38.8 Å². The molecule has 37 heavy (non-hydrogen) atoms. The molecule has 2 N–H and O–H groups in total. The Morgan fingerprint density at radius 3 is 2.38 bits per heavy atom. The zero-order valence-corrected chi connectivity index (χ0v) is 20.0. The van der Waals surface area contributed by atoms with Gasteiger partial charge in [0.2, 0.25) is 0 Å². The third-order valence-electron chi connectivity index (χ3n) is 6.37. The molecule has 8 nitrogen and oxygen atoms in total. The predicted molar refractivity (Wildman–Crippen MR) is 133 cm³/mol. The van der Waals surface area contributed by atoms with Gasteiger partial charge in [-0.05, 0) is 49.7 Å². The van der Waals surface area contributed by atoms with E-state index in [2.05, 4.69) is 21.0 Å². The fourth-order valence-corrected chi connectivity index (χ4v) is 4.22. The van der Waals surface area contributed by atoms with Gasteiger partial charge in [-0.2, -0.15) is 18.4 Å². The molecule has 1 aromatic carbocycles. The van der Waals surface area contributed by atoms with Crippen LogP contribution >= 0.6 is 0 Å². The molecule has 0 bridgehead atoms. The molecular weight excluding hydrogens is 483 g/mol. The van der Waals surface area contributed by atoms with Crippen LogP contribution in [0.15, 0.2) is 59.8 Å². The minimum atomic E-state index is -4.65. The smallest absolute Gasteiger partial charge is 0.383 e. The number of benzene rings is 1. The van der Waals surface area contributed by atoms with Crippen molar-refractivity contribution in [1.29, 1.82) is 5.26 Å². The Balaban J connectivity index is 1.76. The number of hydrogen-bond donors (Lipinski definition) is 1. The maximum Gasteiger partial charge on any atom is 0.419 e. The van der Waals surface area contributed by atoms with Crippen molar-refractivity contribution in [2.75, 3.05) is 5.73 Å². The topological polar surface area (TPSA) is 115 Å². The average molecular weight is 503 g/mol. The van der Waals surface area contributed by atoms with E-state index >= 15 is 0 Å². The van der Waals surface area contributed by atoms with Crippen LogP contribution in [0.2, 0.25) is 0 Å². The number of halogens is 3. The lowest BCUT2D eigenvalue weighted by molar-refractivity contribution is -0.137. The van der Waals surface area contributed by atoms with Crippen molar-refractivity contribution in [3.8, 4) is 22.9 Å². The summed E-state index contributed by atoms with van der Waals surface area (Å²) in [6, 6.07) is 11.5. The molecule has 0 atom stereocenters. The Labute approximate surface area is 208 Å². The molecule has 0 saturated heterocycles. The normalized spacial score (nSPS) is 12.2. The summed E-state index contributed by atoms with van der Waals surface area (Å²) < 4.78 is 43.2. The molecule has 0 fully saturated rings. The lowest BCUT2D eigenvalue weighted by Gasteiger charge is -2.15. The van der Waals surface area contributed by atoms with Crippen LogP contribution in [-0.2, 0) is 18.6 Å². The standard InChI is InChI=1S/C26H20F3N7O/c1-25(2,13-30)21-7-5-16(11-33-21)36-22-17-8-14(15-9-18(26(27,28)29)23(31)34-10-15)4-6-19(17)32-12-20(22)35(3)24(36)37/h4-12H,1-3H3,(H2,31,34). The zero-order valence-electron chi connectivity index (χ0n) is 20.0. The van der Waals surface area contributed by atoms with Gasteiger partial charge in [0, 0.05) is 24.2 Å². The molecule has 0 amide bonds.